The van der Waals surface area contributed by atoms with E-state index in [4.69, 9.17) is 10.9 Å². The SMILES string of the molecule is Cc1cc(/C(N)=N/O)nc(Sc2ccc(Br)cc2)n1. The largest absolute Gasteiger partial charge is 0.409 e. The standard InChI is InChI=1S/C12H11BrN4OS/c1-7-6-10(11(14)17-18)16-12(15-7)19-9-4-2-8(13)3-5-9/h2-6,18H,1H3,(H2,14,17). The van der Waals surface area contributed by atoms with Gasteiger partial charge in [0.1, 0.15) is 5.69 Å². The Labute approximate surface area is 123 Å². The second kappa shape index (κ2) is 6.03. The first-order valence-corrected chi connectivity index (χ1v) is 6.96. The molecule has 98 valence electrons. The van der Waals surface area contributed by atoms with Crippen LogP contribution < -0.4 is 5.73 Å². The van der Waals surface area contributed by atoms with Gasteiger partial charge in [-0.15, -0.1) is 0 Å². The van der Waals surface area contributed by atoms with Crippen LogP contribution in [0.4, 0.5) is 0 Å². The van der Waals surface area contributed by atoms with Crippen LogP contribution in [0.3, 0.4) is 0 Å². The Bertz CT molecular complexity index is 616. The summed E-state index contributed by atoms with van der Waals surface area (Å²) in [4.78, 5) is 9.58. The van der Waals surface area contributed by atoms with Crippen molar-refractivity contribution >= 4 is 33.5 Å². The van der Waals surface area contributed by atoms with Crippen molar-refractivity contribution in [3.8, 4) is 0 Å². The summed E-state index contributed by atoms with van der Waals surface area (Å²) in [5, 5.41) is 12.2. The molecule has 0 aliphatic heterocycles. The van der Waals surface area contributed by atoms with E-state index in [1.807, 2.05) is 31.2 Å². The Morgan fingerprint density at radius 1 is 1.32 bits per heavy atom. The maximum Gasteiger partial charge on any atom is 0.193 e. The van der Waals surface area contributed by atoms with Crippen molar-refractivity contribution in [1.82, 2.24) is 9.97 Å². The lowest BCUT2D eigenvalue weighted by Crippen LogP contribution is -2.16. The lowest BCUT2D eigenvalue weighted by Gasteiger charge is -2.04. The number of hydrogen-bond acceptors (Lipinski definition) is 5. The molecule has 2 rings (SSSR count). The summed E-state index contributed by atoms with van der Waals surface area (Å²) in [6.45, 7) is 1.83. The van der Waals surface area contributed by atoms with Gasteiger partial charge in [0.05, 0.1) is 0 Å². The molecule has 1 heterocycles. The first-order chi connectivity index (χ1) is 9.08. The summed E-state index contributed by atoms with van der Waals surface area (Å²) < 4.78 is 1.01. The predicted molar refractivity (Wildman–Crippen MR) is 77.5 cm³/mol. The van der Waals surface area contributed by atoms with Crippen molar-refractivity contribution in [3.05, 3.63) is 46.2 Å². The molecule has 0 bridgehead atoms. The highest BCUT2D eigenvalue weighted by atomic mass is 79.9. The molecule has 5 nitrogen and oxygen atoms in total. The summed E-state index contributed by atoms with van der Waals surface area (Å²) in [5.74, 6) is -0.0249. The van der Waals surface area contributed by atoms with Gasteiger partial charge in [-0.1, -0.05) is 21.1 Å². The smallest absolute Gasteiger partial charge is 0.193 e. The number of oxime groups is 1. The van der Waals surface area contributed by atoms with Gasteiger partial charge in [0, 0.05) is 15.1 Å². The van der Waals surface area contributed by atoms with Crippen LogP contribution in [-0.2, 0) is 0 Å². The van der Waals surface area contributed by atoms with Crippen molar-refractivity contribution < 1.29 is 5.21 Å². The van der Waals surface area contributed by atoms with Crippen LogP contribution in [0.1, 0.15) is 11.4 Å². The van der Waals surface area contributed by atoms with E-state index in [-0.39, 0.29) is 5.84 Å². The number of halogens is 1. The van der Waals surface area contributed by atoms with Gasteiger partial charge in [-0.3, -0.25) is 0 Å². The maximum atomic E-state index is 8.68. The average Bonchev–Trinajstić information content (AvgIpc) is 2.40. The van der Waals surface area contributed by atoms with Crippen LogP contribution in [0.5, 0.6) is 0 Å². The molecule has 0 fully saturated rings. The molecule has 0 unspecified atom stereocenters. The van der Waals surface area contributed by atoms with E-state index in [0.717, 1.165) is 15.1 Å². The molecule has 0 aliphatic rings. The summed E-state index contributed by atoms with van der Waals surface area (Å²) in [6, 6.07) is 9.49. The summed E-state index contributed by atoms with van der Waals surface area (Å²) in [7, 11) is 0. The third-order valence-electron chi connectivity index (χ3n) is 2.23. The van der Waals surface area contributed by atoms with Gasteiger partial charge < -0.3 is 10.9 Å². The minimum Gasteiger partial charge on any atom is -0.409 e. The van der Waals surface area contributed by atoms with Crippen LogP contribution in [0, 0.1) is 6.92 Å². The molecule has 3 N–H and O–H groups in total. The van der Waals surface area contributed by atoms with Gasteiger partial charge in [0.2, 0.25) is 0 Å². The number of nitrogens with two attached hydrogens (primary N) is 1. The number of rotatable bonds is 3. The van der Waals surface area contributed by atoms with Gasteiger partial charge in [-0.2, -0.15) is 0 Å². The molecule has 0 spiro atoms. The van der Waals surface area contributed by atoms with Crippen LogP contribution >= 0.6 is 27.7 Å². The third-order valence-corrected chi connectivity index (χ3v) is 3.63. The zero-order chi connectivity index (χ0) is 13.8. The van der Waals surface area contributed by atoms with E-state index in [1.54, 1.807) is 6.07 Å². The van der Waals surface area contributed by atoms with E-state index >= 15 is 0 Å². The van der Waals surface area contributed by atoms with Gasteiger partial charge in [-0.25, -0.2) is 9.97 Å². The van der Waals surface area contributed by atoms with E-state index in [1.165, 1.54) is 11.8 Å². The summed E-state index contributed by atoms with van der Waals surface area (Å²) >= 11 is 4.80. The summed E-state index contributed by atoms with van der Waals surface area (Å²) in [5.41, 5.74) is 6.71. The van der Waals surface area contributed by atoms with Crippen LogP contribution in [0.15, 0.2) is 50.0 Å². The number of aromatic nitrogens is 2. The molecule has 1 aromatic heterocycles. The van der Waals surface area contributed by atoms with E-state index in [2.05, 4.69) is 31.1 Å². The molecule has 0 aliphatic carbocycles. The van der Waals surface area contributed by atoms with Crippen molar-refractivity contribution in [2.24, 2.45) is 10.9 Å². The first kappa shape index (κ1) is 13.8. The van der Waals surface area contributed by atoms with Crippen molar-refractivity contribution in [2.45, 2.75) is 17.0 Å². The molecule has 2 aromatic rings. The Morgan fingerprint density at radius 2 is 2.00 bits per heavy atom. The topological polar surface area (TPSA) is 84.4 Å². The fourth-order valence-corrected chi connectivity index (χ4v) is 2.46. The van der Waals surface area contributed by atoms with Gasteiger partial charge in [0.15, 0.2) is 11.0 Å². The van der Waals surface area contributed by atoms with Crippen molar-refractivity contribution in [1.29, 1.82) is 0 Å². The second-order valence-electron chi connectivity index (χ2n) is 3.72. The Kier molecular flexibility index (Phi) is 4.39. The van der Waals surface area contributed by atoms with Gasteiger partial charge >= 0.3 is 0 Å². The minimum atomic E-state index is -0.0249. The molecule has 19 heavy (non-hydrogen) atoms. The van der Waals surface area contributed by atoms with Crippen molar-refractivity contribution in [3.63, 3.8) is 0 Å². The normalized spacial score (nSPS) is 11.6. The van der Waals surface area contributed by atoms with Crippen LogP contribution in [0.2, 0.25) is 0 Å². The molecule has 0 saturated carbocycles. The maximum absolute atomic E-state index is 8.68. The highest BCUT2D eigenvalue weighted by Crippen LogP contribution is 2.26. The molecule has 1 aromatic carbocycles. The molecule has 0 saturated heterocycles. The molecular formula is C12H11BrN4OS. The van der Waals surface area contributed by atoms with Gasteiger partial charge in [-0.05, 0) is 49.0 Å². The highest BCUT2D eigenvalue weighted by molar-refractivity contribution is 9.10. The monoisotopic (exact) mass is 338 g/mol. The van der Waals surface area contributed by atoms with Gasteiger partial charge in [0.25, 0.3) is 0 Å². The number of hydrogen-bond donors (Lipinski definition) is 2. The quantitative estimate of drug-likeness (QED) is 0.295. The number of benzene rings is 1. The zero-order valence-corrected chi connectivity index (χ0v) is 12.4. The fourth-order valence-electron chi connectivity index (χ4n) is 1.38. The van der Waals surface area contributed by atoms with E-state index in [9.17, 15) is 0 Å². The molecule has 0 amide bonds. The number of nitrogens with zero attached hydrogens (tertiary/aromatic N) is 3. The number of amidine groups is 1. The Morgan fingerprint density at radius 3 is 2.63 bits per heavy atom. The number of aryl methyl sites for hydroxylation is 1. The molecule has 0 radical (unpaired) electrons. The highest BCUT2D eigenvalue weighted by Gasteiger charge is 2.07. The lowest BCUT2D eigenvalue weighted by molar-refractivity contribution is 0.318. The molecule has 0 atom stereocenters. The first-order valence-electron chi connectivity index (χ1n) is 5.35. The summed E-state index contributed by atoms with van der Waals surface area (Å²) in [6.07, 6.45) is 0. The fraction of sp³-hybridized carbons (Fsp3) is 0.0833. The zero-order valence-electron chi connectivity index (χ0n) is 10.0. The minimum absolute atomic E-state index is 0.0249. The van der Waals surface area contributed by atoms with Crippen LogP contribution in [0.25, 0.3) is 0 Å². The lowest BCUT2D eigenvalue weighted by atomic mass is 10.3. The van der Waals surface area contributed by atoms with E-state index < -0.39 is 0 Å². The average molecular weight is 339 g/mol. The molecular weight excluding hydrogens is 328 g/mol. The molecule has 7 heteroatoms. The van der Waals surface area contributed by atoms with E-state index in [0.29, 0.717) is 10.9 Å². The Balaban J connectivity index is 2.30. The predicted octanol–water partition coefficient (Wildman–Crippen LogP) is 2.79. The van der Waals surface area contributed by atoms with Crippen molar-refractivity contribution in [2.75, 3.05) is 0 Å². The second-order valence-corrected chi connectivity index (χ2v) is 5.67. The third kappa shape index (κ3) is 3.68. The Hall–Kier alpha value is -1.60. The van der Waals surface area contributed by atoms with Crippen LogP contribution in [-0.4, -0.2) is 21.0 Å².